The number of benzene rings is 1. The Labute approximate surface area is 145 Å². The Morgan fingerprint density at radius 2 is 2.08 bits per heavy atom. The van der Waals surface area contributed by atoms with Crippen LogP contribution in [0.5, 0.6) is 0 Å². The third kappa shape index (κ3) is 2.55. The van der Waals surface area contributed by atoms with E-state index >= 15 is 0 Å². The topological polar surface area (TPSA) is 63.1 Å². The predicted octanol–water partition coefficient (Wildman–Crippen LogP) is 3.12. The van der Waals surface area contributed by atoms with E-state index in [2.05, 4.69) is 27.0 Å². The first-order chi connectivity index (χ1) is 11.7. The fraction of sp³-hybridized carbons (Fsp3) is 0.471. The number of amides is 2. The van der Waals surface area contributed by atoms with E-state index in [1.54, 1.807) is 6.07 Å². The molecule has 1 fully saturated rings. The first kappa shape index (κ1) is 15.4. The van der Waals surface area contributed by atoms with Crippen molar-refractivity contribution >= 4 is 23.3 Å². The number of rotatable bonds is 2. The van der Waals surface area contributed by atoms with Gasteiger partial charge in [0.1, 0.15) is 11.6 Å². The Hall–Kier alpha value is -2.08. The fourth-order valence-corrected chi connectivity index (χ4v) is 4.01. The van der Waals surface area contributed by atoms with Crippen molar-refractivity contribution < 1.29 is 4.79 Å². The minimum Gasteiger partial charge on any atom is -0.316 e. The fourth-order valence-electron chi connectivity index (χ4n) is 3.83. The van der Waals surface area contributed by atoms with Crippen molar-refractivity contribution in [2.45, 2.75) is 51.2 Å². The zero-order chi connectivity index (χ0) is 16.7. The highest BCUT2D eigenvalue weighted by Crippen LogP contribution is 2.32. The van der Waals surface area contributed by atoms with Crippen LogP contribution in [0.3, 0.4) is 0 Å². The molecule has 0 radical (unpaired) electrons. The Morgan fingerprint density at radius 3 is 2.88 bits per heavy atom. The predicted molar refractivity (Wildman–Crippen MR) is 92.2 cm³/mol. The summed E-state index contributed by atoms with van der Waals surface area (Å²) < 4.78 is 2.19. The quantitative estimate of drug-likeness (QED) is 0.909. The Bertz CT molecular complexity index is 774. The van der Waals surface area contributed by atoms with Crippen LogP contribution in [0.25, 0.3) is 0 Å². The third-order valence-electron chi connectivity index (χ3n) is 5.00. The van der Waals surface area contributed by atoms with Gasteiger partial charge < -0.3 is 14.8 Å². The molecule has 0 aliphatic carbocycles. The molecular formula is C17H20ClN5O. The highest BCUT2D eigenvalue weighted by molar-refractivity contribution is 6.33. The second kappa shape index (κ2) is 6.09. The molecule has 2 aromatic rings. The van der Waals surface area contributed by atoms with Crippen LogP contribution in [0.2, 0.25) is 5.02 Å². The van der Waals surface area contributed by atoms with E-state index in [9.17, 15) is 4.79 Å². The van der Waals surface area contributed by atoms with Crippen LogP contribution < -0.4 is 5.32 Å². The van der Waals surface area contributed by atoms with E-state index < -0.39 is 0 Å². The van der Waals surface area contributed by atoms with Gasteiger partial charge in [-0.15, -0.1) is 10.2 Å². The van der Waals surface area contributed by atoms with Crippen LogP contribution in [0.4, 0.5) is 10.5 Å². The van der Waals surface area contributed by atoms with E-state index in [1.165, 1.54) is 0 Å². The number of para-hydroxylation sites is 1. The molecule has 1 aromatic carbocycles. The molecule has 3 heterocycles. The maximum atomic E-state index is 12.9. The van der Waals surface area contributed by atoms with Gasteiger partial charge in [-0.05, 0) is 25.0 Å². The van der Waals surface area contributed by atoms with Crippen LogP contribution in [-0.2, 0) is 19.4 Å². The minimum atomic E-state index is -0.0765. The van der Waals surface area contributed by atoms with Crippen LogP contribution in [-0.4, -0.2) is 37.8 Å². The van der Waals surface area contributed by atoms with Crippen LogP contribution >= 0.6 is 11.6 Å². The zero-order valence-electron chi connectivity index (χ0n) is 13.6. The summed E-state index contributed by atoms with van der Waals surface area (Å²) in [5.41, 5.74) is 0.654. The molecule has 7 heteroatoms. The summed E-state index contributed by atoms with van der Waals surface area (Å²) in [5.74, 6) is 2.00. The van der Waals surface area contributed by atoms with Crippen molar-refractivity contribution in [2.75, 3.05) is 5.32 Å². The molecule has 24 heavy (non-hydrogen) atoms. The summed E-state index contributed by atoms with van der Waals surface area (Å²) >= 11 is 6.17. The second-order valence-electron chi connectivity index (χ2n) is 6.40. The number of hydrogen-bond donors (Lipinski definition) is 1. The highest BCUT2D eigenvalue weighted by Gasteiger charge is 2.41. The molecule has 2 aliphatic rings. The molecule has 6 nitrogen and oxygen atoms in total. The second-order valence-corrected chi connectivity index (χ2v) is 6.81. The number of carbonyl (C=O) groups excluding carboxylic acids is 1. The number of carbonyl (C=O) groups is 1. The lowest BCUT2D eigenvalue weighted by atomic mass is 10.1. The molecule has 1 saturated heterocycles. The maximum absolute atomic E-state index is 12.9. The summed E-state index contributed by atoms with van der Waals surface area (Å²) in [7, 11) is 0. The number of aromatic nitrogens is 3. The van der Waals surface area contributed by atoms with Crippen molar-refractivity contribution in [1.29, 1.82) is 0 Å². The summed E-state index contributed by atoms with van der Waals surface area (Å²) in [6.45, 7) is 2.86. The minimum absolute atomic E-state index is 0.0765. The van der Waals surface area contributed by atoms with Crippen LogP contribution in [0.1, 0.15) is 31.4 Å². The monoisotopic (exact) mass is 345 g/mol. The first-order valence-electron chi connectivity index (χ1n) is 8.42. The van der Waals surface area contributed by atoms with Gasteiger partial charge in [-0.1, -0.05) is 30.7 Å². The molecule has 1 aromatic heterocycles. The number of aryl methyl sites for hydroxylation is 1. The smallest absolute Gasteiger partial charge is 0.316 e. The lowest BCUT2D eigenvalue weighted by Gasteiger charge is -2.28. The number of anilines is 1. The Morgan fingerprint density at radius 1 is 1.29 bits per heavy atom. The molecule has 2 aliphatic heterocycles. The molecule has 2 atom stereocenters. The number of hydrogen-bond acceptors (Lipinski definition) is 3. The molecule has 0 saturated carbocycles. The van der Waals surface area contributed by atoms with Gasteiger partial charge in [0, 0.05) is 25.4 Å². The molecule has 2 unspecified atom stereocenters. The summed E-state index contributed by atoms with van der Waals surface area (Å²) in [6.07, 6.45) is 3.64. The van der Waals surface area contributed by atoms with Crippen molar-refractivity contribution in [2.24, 2.45) is 0 Å². The maximum Gasteiger partial charge on any atom is 0.322 e. The third-order valence-corrected chi connectivity index (χ3v) is 5.33. The van der Waals surface area contributed by atoms with Crippen molar-refractivity contribution in [3.8, 4) is 0 Å². The Balaban J connectivity index is 1.58. The standard InChI is InChI=1S/C17H20ClN5O/c1-2-15-20-21-16-9-11-7-8-12(10-22(15)16)23(11)17(24)19-14-6-4-3-5-13(14)18/h3-6,11-12H,2,7-10H2,1H3,(H,19,24). The SMILES string of the molecule is CCc1nnc2n1CC1CCC(C2)N1C(=O)Nc1ccccc1Cl. The summed E-state index contributed by atoms with van der Waals surface area (Å²) in [6, 6.07) is 7.60. The van der Waals surface area contributed by atoms with E-state index in [-0.39, 0.29) is 18.1 Å². The highest BCUT2D eigenvalue weighted by atomic mass is 35.5. The molecule has 2 amide bonds. The number of nitrogens with zero attached hydrogens (tertiary/aromatic N) is 4. The number of urea groups is 1. The van der Waals surface area contributed by atoms with Crippen molar-refractivity contribution in [3.63, 3.8) is 0 Å². The van der Waals surface area contributed by atoms with Gasteiger partial charge in [0.2, 0.25) is 0 Å². The van der Waals surface area contributed by atoms with Gasteiger partial charge in [0.15, 0.2) is 0 Å². The Kier molecular flexibility index (Phi) is 3.92. The number of nitrogens with one attached hydrogen (secondary N) is 1. The molecular weight excluding hydrogens is 326 g/mol. The lowest BCUT2D eigenvalue weighted by molar-refractivity contribution is 0.184. The largest absolute Gasteiger partial charge is 0.322 e. The average Bonchev–Trinajstić information content (AvgIpc) is 3.09. The van der Waals surface area contributed by atoms with Gasteiger partial charge >= 0.3 is 6.03 Å². The molecule has 1 N–H and O–H groups in total. The lowest BCUT2D eigenvalue weighted by Crippen LogP contribution is -2.44. The van der Waals surface area contributed by atoms with Gasteiger partial charge in [0.05, 0.1) is 16.8 Å². The van der Waals surface area contributed by atoms with Crippen molar-refractivity contribution in [1.82, 2.24) is 19.7 Å². The van der Waals surface area contributed by atoms with E-state index in [1.807, 2.05) is 23.1 Å². The molecule has 0 spiro atoms. The van der Waals surface area contributed by atoms with E-state index in [0.717, 1.165) is 43.9 Å². The van der Waals surface area contributed by atoms with Crippen molar-refractivity contribution in [3.05, 3.63) is 40.9 Å². The molecule has 126 valence electrons. The number of halogens is 1. The number of fused-ring (bicyclic) bond motifs is 3. The molecule has 2 bridgehead atoms. The van der Waals surface area contributed by atoms with Gasteiger partial charge in [0.25, 0.3) is 0 Å². The normalized spacial score (nSPS) is 22.2. The van der Waals surface area contributed by atoms with Crippen LogP contribution in [0, 0.1) is 0 Å². The van der Waals surface area contributed by atoms with E-state index in [0.29, 0.717) is 10.7 Å². The summed E-state index contributed by atoms with van der Waals surface area (Å²) in [4.78, 5) is 14.9. The summed E-state index contributed by atoms with van der Waals surface area (Å²) in [5, 5.41) is 12.1. The average molecular weight is 346 g/mol. The van der Waals surface area contributed by atoms with E-state index in [4.69, 9.17) is 11.6 Å². The van der Waals surface area contributed by atoms with Gasteiger partial charge in [-0.25, -0.2) is 4.79 Å². The van der Waals surface area contributed by atoms with Gasteiger partial charge in [-0.3, -0.25) is 0 Å². The first-order valence-corrected chi connectivity index (χ1v) is 8.80. The zero-order valence-corrected chi connectivity index (χ0v) is 14.3. The van der Waals surface area contributed by atoms with Gasteiger partial charge in [-0.2, -0.15) is 0 Å². The molecule has 4 rings (SSSR count). The van der Waals surface area contributed by atoms with Crippen LogP contribution in [0.15, 0.2) is 24.3 Å².